The third-order valence-corrected chi connectivity index (χ3v) is 3.52. The SMILES string of the molecule is Cc1c(-c2ccccc2)c2ccccc2n1CC#N. The molecule has 0 unspecified atom stereocenters. The summed E-state index contributed by atoms with van der Waals surface area (Å²) in [5.41, 5.74) is 4.70. The summed E-state index contributed by atoms with van der Waals surface area (Å²) < 4.78 is 2.08. The molecule has 0 saturated carbocycles. The predicted molar refractivity (Wildman–Crippen MR) is 77.7 cm³/mol. The van der Waals surface area contributed by atoms with E-state index in [4.69, 9.17) is 5.26 Å². The maximum atomic E-state index is 9.01. The first-order valence-electron chi connectivity index (χ1n) is 6.33. The van der Waals surface area contributed by atoms with Crippen molar-refractivity contribution in [1.29, 1.82) is 5.26 Å². The van der Waals surface area contributed by atoms with Crippen LogP contribution in [0.4, 0.5) is 0 Å². The maximum Gasteiger partial charge on any atom is 0.110 e. The molecule has 0 bridgehead atoms. The Hall–Kier alpha value is -2.53. The van der Waals surface area contributed by atoms with E-state index in [1.54, 1.807) is 0 Å². The van der Waals surface area contributed by atoms with Gasteiger partial charge in [0.15, 0.2) is 0 Å². The molecule has 1 heterocycles. The zero-order valence-corrected chi connectivity index (χ0v) is 10.8. The van der Waals surface area contributed by atoms with Crippen LogP contribution in [0.15, 0.2) is 54.6 Å². The summed E-state index contributed by atoms with van der Waals surface area (Å²) in [6.07, 6.45) is 0. The Morgan fingerprint density at radius 3 is 2.42 bits per heavy atom. The second-order valence-corrected chi connectivity index (χ2v) is 4.59. The molecule has 3 aromatic rings. The lowest BCUT2D eigenvalue weighted by Crippen LogP contribution is -1.97. The standard InChI is InChI=1S/C17H14N2/c1-13-17(14-7-3-2-4-8-14)15-9-5-6-10-16(15)19(13)12-11-18/h2-10H,12H2,1H3. The van der Waals surface area contributed by atoms with Gasteiger partial charge < -0.3 is 4.57 Å². The van der Waals surface area contributed by atoms with Crippen LogP contribution in [0.1, 0.15) is 5.69 Å². The molecule has 0 aliphatic heterocycles. The molecule has 2 nitrogen and oxygen atoms in total. The summed E-state index contributed by atoms with van der Waals surface area (Å²) in [6, 6.07) is 20.9. The van der Waals surface area contributed by atoms with Crippen molar-refractivity contribution in [2.75, 3.05) is 0 Å². The quantitative estimate of drug-likeness (QED) is 0.668. The predicted octanol–water partition coefficient (Wildman–Crippen LogP) is 4.14. The minimum absolute atomic E-state index is 0.388. The van der Waals surface area contributed by atoms with Crippen LogP contribution in [0, 0.1) is 18.3 Å². The van der Waals surface area contributed by atoms with Crippen LogP contribution in [0.2, 0.25) is 0 Å². The van der Waals surface area contributed by atoms with Gasteiger partial charge in [0, 0.05) is 22.2 Å². The van der Waals surface area contributed by atoms with Crippen molar-refractivity contribution >= 4 is 10.9 Å². The van der Waals surface area contributed by atoms with Crippen LogP contribution in [0.25, 0.3) is 22.0 Å². The molecule has 92 valence electrons. The molecule has 0 aliphatic rings. The van der Waals surface area contributed by atoms with Gasteiger partial charge in [-0.2, -0.15) is 5.26 Å². The Morgan fingerprint density at radius 2 is 1.68 bits per heavy atom. The number of nitriles is 1. The molecular formula is C17H14N2. The van der Waals surface area contributed by atoms with E-state index in [0.29, 0.717) is 6.54 Å². The van der Waals surface area contributed by atoms with E-state index in [1.807, 2.05) is 30.3 Å². The Morgan fingerprint density at radius 1 is 1.00 bits per heavy atom. The van der Waals surface area contributed by atoms with Gasteiger partial charge in [0.05, 0.1) is 6.07 Å². The summed E-state index contributed by atoms with van der Waals surface area (Å²) in [6.45, 7) is 2.47. The van der Waals surface area contributed by atoms with E-state index < -0.39 is 0 Å². The number of nitrogens with zero attached hydrogens (tertiary/aromatic N) is 2. The molecule has 0 fully saturated rings. The number of aromatic nitrogens is 1. The van der Waals surface area contributed by atoms with Gasteiger partial charge >= 0.3 is 0 Å². The molecule has 0 atom stereocenters. The third kappa shape index (κ3) is 1.80. The fraction of sp³-hybridized carbons (Fsp3) is 0.118. The van der Waals surface area contributed by atoms with Crippen molar-refractivity contribution < 1.29 is 0 Å². The minimum Gasteiger partial charge on any atom is -0.330 e. The second kappa shape index (κ2) is 4.62. The van der Waals surface area contributed by atoms with Crippen LogP contribution >= 0.6 is 0 Å². The molecular weight excluding hydrogens is 232 g/mol. The molecule has 19 heavy (non-hydrogen) atoms. The zero-order valence-electron chi connectivity index (χ0n) is 10.8. The van der Waals surface area contributed by atoms with Gasteiger partial charge in [-0.25, -0.2) is 0 Å². The normalized spacial score (nSPS) is 10.5. The lowest BCUT2D eigenvalue weighted by Gasteiger charge is -2.04. The first-order valence-corrected chi connectivity index (χ1v) is 6.33. The summed E-state index contributed by atoms with van der Waals surface area (Å²) in [7, 11) is 0. The first kappa shape index (κ1) is 11.6. The smallest absolute Gasteiger partial charge is 0.110 e. The number of rotatable bonds is 2. The highest BCUT2D eigenvalue weighted by atomic mass is 15.0. The fourth-order valence-electron chi connectivity index (χ4n) is 2.67. The van der Waals surface area contributed by atoms with Crippen LogP contribution in [0.5, 0.6) is 0 Å². The van der Waals surface area contributed by atoms with Crippen molar-refractivity contribution in [3.8, 4) is 17.2 Å². The average Bonchev–Trinajstić information content (AvgIpc) is 2.73. The van der Waals surface area contributed by atoms with E-state index in [-0.39, 0.29) is 0 Å². The Balaban J connectivity index is 2.37. The van der Waals surface area contributed by atoms with Gasteiger partial charge in [0.2, 0.25) is 0 Å². The number of hydrogen-bond acceptors (Lipinski definition) is 1. The molecule has 0 N–H and O–H groups in total. The molecule has 2 aromatic carbocycles. The van der Waals surface area contributed by atoms with Gasteiger partial charge in [-0.15, -0.1) is 0 Å². The van der Waals surface area contributed by atoms with Crippen LogP contribution < -0.4 is 0 Å². The molecule has 0 spiro atoms. The van der Waals surface area contributed by atoms with E-state index in [0.717, 1.165) is 11.2 Å². The van der Waals surface area contributed by atoms with Gasteiger partial charge in [0.25, 0.3) is 0 Å². The second-order valence-electron chi connectivity index (χ2n) is 4.59. The molecule has 0 aliphatic carbocycles. The highest BCUT2D eigenvalue weighted by Crippen LogP contribution is 2.34. The van der Waals surface area contributed by atoms with E-state index in [9.17, 15) is 0 Å². The van der Waals surface area contributed by atoms with Gasteiger partial charge in [-0.3, -0.25) is 0 Å². The van der Waals surface area contributed by atoms with Crippen LogP contribution in [-0.2, 0) is 6.54 Å². The Labute approximate surface area is 112 Å². The summed E-state index contributed by atoms with van der Waals surface area (Å²) in [5, 5.41) is 10.2. The van der Waals surface area contributed by atoms with Crippen molar-refractivity contribution in [3.63, 3.8) is 0 Å². The average molecular weight is 246 g/mol. The van der Waals surface area contributed by atoms with Crippen molar-refractivity contribution in [2.24, 2.45) is 0 Å². The maximum absolute atomic E-state index is 9.01. The topological polar surface area (TPSA) is 28.7 Å². The monoisotopic (exact) mass is 246 g/mol. The highest BCUT2D eigenvalue weighted by Gasteiger charge is 2.14. The lowest BCUT2D eigenvalue weighted by atomic mass is 10.0. The summed E-state index contributed by atoms with van der Waals surface area (Å²) >= 11 is 0. The lowest BCUT2D eigenvalue weighted by molar-refractivity contribution is 0.839. The number of fused-ring (bicyclic) bond motifs is 1. The molecule has 0 saturated heterocycles. The largest absolute Gasteiger partial charge is 0.330 e. The summed E-state index contributed by atoms with van der Waals surface area (Å²) in [5.74, 6) is 0. The third-order valence-electron chi connectivity index (χ3n) is 3.52. The van der Waals surface area contributed by atoms with E-state index in [2.05, 4.69) is 41.8 Å². The zero-order chi connectivity index (χ0) is 13.2. The summed E-state index contributed by atoms with van der Waals surface area (Å²) in [4.78, 5) is 0. The first-order chi connectivity index (χ1) is 9.33. The molecule has 0 amide bonds. The van der Waals surface area contributed by atoms with Crippen LogP contribution in [0.3, 0.4) is 0 Å². The van der Waals surface area contributed by atoms with Gasteiger partial charge in [0.1, 0.15) is 6.54 Å². The minimum atomic E-state index is 0.388. The van der Waals surface area contributed by atoms with E-state index in [1.165, 1.54) is 16.5 Å². The number of para-hydroxylation sites is 1. The van der Waals surface area contributed by atoms with Crippen molar-refractivity contribution in [2.45, 2.75) is 13.5 Å². The van der Waals surface area contributed by atoms with Gasteiger partial charge in [-0.1, -0.05) is 48.5 Å². The fourth-order valence-corrected chi connectivity index (χ4v) is 2.67. The highest BCUT2D eigenvalue weighted by molar-refractivity contribution is 5.98. The number of hydrogen-bond donors (Lipinski definition) is 0. The van der Waals surface area contributed by atoms with Crippen molar-refractivity contribution in [3.05, 3.63) is 60.3 Å². The van der Waals surface area contributed by atoms with Crippen molar-refractivity contribution in [1.82, 2.24) is 4.57 Å². The van der Waals surface area contributed by atoms with E-state index >= 15 is 0 Å². The molecule has 1 aromatic heterocycles. The Bertz CT molecular complexity index is 761. The number of benzene rings is 2. The molecule has 3 rings (SSSR count). The molecule has 2 heteroatoms. The van der Waals surface area contributed by atoms with Gasteiger partial charge in [-0.05, 0) is 18.6 Å². The molecule has 0 radical (unpaired) electrons. The van der Waals surface area contributed by atoms with Crippen LogP contribution in [-0.4, -0.2) is 4.57 Å². The Kier molecular flexibility index (Phi) is 2.81.